The van der Waals surface area contributed by atoms with Crippen LogP contribution in [0.4, 0.5) is 0 Å². The van der Waals surface area contributed by atoms with Gasteiger partial charge in [-0.05, 0) is 45.8 Å². The summed E-state index contributed by atoms with van der Waals surface area (Å²) in [6, 6.07) is 0.687. The highest BCUT2D eigenvalue weighted by atomic mass is 15.3. The largest absolute Gasteiger partial charge is 0.314 e. The number of nitrogens with zero attached hydrogens (tertiary/aromatic N) is 2. The summed E-state index contributed by atoms with van der Waals surface area (Å²) < 4.78 is 0. The average Bonchev–Trinajstić information content (AvgIpc) is 2.37. The van der Waals surface area contributed by atoms with Crippen LogP contribution in [0.3, 0.4) is 0 Å². The molecule has 3 heteroatoms. The second kappa shape index (κ2) is 8.90. The van der Waals surface area contributed by atoms with Crippen LogP contribution < -0.4 is 5.32 Å². The van der Waals surface area contributed by atoms with Crippen molar-refractivity contribution in [3.63, 3.8) is 0 Å². The van der Waals surface area contributed by atoms with Gasteiger partial charge in [0, 0.05) is 32.2 Å². The van der Waals surface area contributed by atoms with E-state index in [1.54, 1.807) is 0 Å². The Kier molecular flexibility index (Phi) is 7.82. The predicted octanol–water partition coefficient (Wildman–Crippen LogP) is 1.79. The maximum Gasteiger partial charge on any atom is 0.0110 e. The lowest BCUT2D eigenvalue weighted by Gasteiger charge is -2.34. The first-order chi connectivity index (χ1) is 8.26. The van der Waals surface area contributed by atoms with Gasteiger partial charge in [-0.1, -0.05) is 13.8 Å². The summed E-state index contributed by atoms with van der Waals surface area (Å²) in [7, 11) is 0. The zero-order valence-corrected chi connectivity index (χ0v) is 12.0. The first-order valence-corrected chi connectivity index (χ1v) is 7.44. The molecule has 1 fully saturated rings. The standard InChI is InChI=1S/C14H31N3/c1-4-8-15-14(3)7-6-9-17-12-10-16(5-2)11-13-17/h14-15H,4-13H2,1-3H3. The molecule has 1 unspecified atom stereocenters. The van der Waals surface area contributed by atoms with Crippen LogP contribution in [0.5, 0.6) is 0 Å². The summed E-state index contributed by atoms with van der Waals surface area (Å²) >= 11 is 0. The number of piperazine rings is 1. The maximum atomic E-state index is 3.56. The third kappa shape index (κ3) is 6.39. The number of likely N-dealkylation sites (N-methyl/N-ethyl adjacent to an activating group) is 1. The molecule has 1 aliphatic rings. The van der Waals surface area contributed by atoms with Crippen LogP contribution in [0.25, 0.3) is 0 Å². The van der Waals surface area contributed by atoms with Gasteiger partial charge in [-0.2, -0.15) is 0 Å². The van der Waals surface area contributed by atoms with E-state index in [9.17, 15) is 0 Å². The van der Waals surface area contributed by atoms with Crippen molar-refractivity contribution < 1.29 is 0 Å². The molecule has 1 heterocycles. The first-order valence-electron chi connectivity index (χ1n) is 7.44. The molecule has 1 aliphatic heterocycles. The lowest BCUT2D eigenvalue weighted by atomic mass is 10.1. The highest BCUT2D eigenvalue weighted by molar-refractivity contribution is 4.71. The molecule has 0 aromatic rings. The summed E-state index contributed by atoms with van der Waals surface area (Å²) in [6.07, 6.45) is 3.89. The van der Waals surface area contributed by atoms with Crippen molar-refractivity contribution in [3.05, 3.63) is 0 Å². The van der Waals surface area contributed by atoms with E-state index in [4.69, 9.17) is 0 Å². The minimum atomic E-state index is 0.687. The van der Waals surface area contributed by atoms with E-state index in [-0.39, 0.29) is 0 Å². The highest BCUT2D eigenvalue weighted by Gasteiger charge is 2.14. The van der Waals surface area contributed by atoms with Gasteiger partial charge >= 0.3 is 0 Å². The maximum absolute atomic E-state index is 3.56. The smallest absolute Gasteiger partial charge is 0.0110 e. The van der Waals surface area contributed by atoms with E-state index in [0.29, 0.717) is 6.04 Å². The van der Waals surface area contributed by atoms with Crippen LogP contribution in [-0.2, 0) is 0 Å². The quantitative estimate of drug-likeness (QED) is 0.699. The molecule has 1 saturated heterocycles. The molecule has 0 spiro atoms. The van der Waals surface area contributed by atoms with E-state index >= 15 is 0 Å². The Morgan fingerprint density at radius 1 is 1.06 bits per heavy atom. The Bertz CT molecular complexity index is 176. The van der Waals surface area contributed by atoms with Crippen molar-refractivity contribution in [2.75, 3.05) is 45.8 Å². The molecule has 102 valence electrons. The molecule has 0 aromatic carbocycles. The SMILES string of the molecule is CCCNC(C)CCCN1CCN(CC)CC1. The van der Waals surface area contributed by atoms with Crippen LogP contribution in [0.15, 0.2) is 0 Å². The van der Waals surface area contributed by atoms with E-state index in [1.807, 2.05) is 0 Å². The van der Waals surface area contributed by atoms with Crippen molar-refractivity contribution in [3.8, 4) is 0 Å². The van der Waals surface area contributed by atoms with Gasteiger partial charge in [0.2, 0.25) is 0 Å². The highest BCUT2D eigenvalue weighted by Crippen LogP contribution is 2.04. The molecule has 1 rings (SSSR count). The summed E-state index contributed by atoms with van der Waals surface area (Å²) in [6.45, 7) is 15.5. The van der Waals surface area contributed by atoms with Gasteiger partial charge in [0.25, 0.3) is 0 Å². The zero-order valence-electron chi connectivity index (χ0n) is 12.0. The fraction of sp³-hybridized carbons (Fsp3) is 1.00. The van der Waals surface area contributed by atoms with Gasteiger partial charge in [-0.15, -0.1) is 0 Å². The second-order valence-corrected chi connectivity index (χ2v) is 5.27. The van der Waals surface area contributed by atoms with Crippen molar-refractivity contribution in [2.45, 2.75) is 46.1 Å². The van der Waals surface area contributed by atoms with Gasteiger partial charge in [-0.3, -0.25) is 0 Å². The monoisotopic (exact) mass is 241 g/mol. The lowest BCUT2D eigenvalue weighted by molar-refractivity contribution is 0.135. The third-order valence-corrected chi connectivity index (χ3v) is 3.77. The third-order valence-electron chi connectivity index (χ3n) is 3.77. The van der Waals surface area contributed by atoms with Crippen molar-refractivity contribution >= 4 is 0 Å². The van der Waals surface area contributed by atoms with Gasteiger partial charge in [0.15, 0.2) is 0 Å². The normalized spacial score (nSPS) is 20.6. The zero-order chi connectivity index (χ0) is 12.5. The summed E-state index contributed by atoms with van der Waals surface area (Å²) in [4.78, 5) is 5.17. The Labute approximate surface area is 108 Å². The first kappa shape index (κ1) is 14.9. The molecule has 1 N–H and O–H groups in total. The average molecular weight is 241 g/mol. The molecule has 1 atom stereocenters. The van der Waals surface area contributed by atoms with E-state index in [2.05, 4.69) is 35.9 Å². The van der Waals surface area contributed by atoms with Crippen LogP contribution >= 0.6 is 0 Å². The topological polar surface area (TPSA) is 18.5 Å². The Morgan fingerprint density at radius 2 is 1.71 bits per heavy atom. The fourth-order valence-corrected chi connectivity index (χ4v) is 2.44. The van der Waals surface area contributed by atoms with Gasteiger partial charge in [-0.25, -0.2) is 0 Å². The number of hydrogen-bond donors (Lipinski definition) is 1. The number of hydrogen-bond acceptors (Lipinski definition) is 3. The summed E-state index contributed by atoms with van der Waals surface area (Å²) in [5, 5.41) is 3.56. The number of nitrogens with one attached hydrogen (secondary N) is 1. The van der Waals surface area contributed by atoms with Gasteiger partial charge in [0.1, 0.15) is 0 Å². The fourth-order valence-electron chi connectivity index (χ4n) is 2.44. The Morgan fingerprint density at radius 3 is 2.29 bits per heavy atom. The van der Waals surface area contributed by atoms with Crippen LogP contribution in [0.1, 0.15) is 40.0 Å². The number of rotatable bonds is 8. The van der Waals surface area contributed by atoms with Gasteiger partial charge < -0.3 is 15.1 Å². The van der Waals surface area contributed by atoms with E-state index < -0.39 is 0 Å². The molecular weight excluding hydrogens is 210 g/mol. The summed E-state index contributed by atoms with van der Waals surface area (Å²) in [5.74, 6) is 0. The second-order valence-electron chi connectivity index (χ2n) is 5.27. The van der Waals surface area contributed by atoms with Crippen LogP contribution in [0, 0.1) is 0 Å². The van der Waals surface area contributed by atoms with Crippen LogP contribution in [-0.4, -0.2) is 61.7 Å². The minimum absolute atomic E-state index is 0.687. The van der Waals surface area contributed by atoms with Crippen LogP contribution in [0.2, 0.25) is 0 Å². The van der Waals surface area contributed by atoms with Gasteiger partial charge in [0.05, 0.1) is 0 Å². The van der Waals surface area contributed by atoms with E-state index in [1.165, 1.54) is 58.5 Å². The predicted molar refractivity (Wildman–Crippen MR) is 75.5 cm³/mol. The van der Waals surface area contributed by atoms with Crippen molar-refractivity contribution in [2.24, 2.45) is 0 Å². The molecule has 0 bridgehead atoms. The van der Waals surface area contributed by atoms with Crippen molar-refractivity contribution in [1.29, 1.82) is 0 Å². The van der Waals surface area contributed by atoms with Crippen molar-refractivity contribution in [1.82, 2.24) is 15.1 Å². The molecule has 17 heavy (non-hydrogen) atoms. The minimum Gasteiger partial charge on any atom is -0.314 e. The molecule has 0 saturated carbocycles. The molecular formula is C14H31N3. The molecule has 0 amide bonds. The lowest BCUT2D eigenvalue weighted by Crippen LogP contribution is -2.46. The Balaban J connectivity index is 1.99. The molecule has 3 nitrogen and oxygen atoms in total. The Hall–Kier alpha value is -0.120. The molecule has 0 radical (unpaired) electrons. The molecule has 0 aromatic heterocycles. The van der Waals surface area contributed by atoms with E-state index in [0.717, 1.165) is 6.54 Å². The molecule has 0 aliphatic carbocycles. The summed E-state index contributed by atoms with van der Waals surface area (Å²) in [5.41, 5.74) is 0.